The number of hydrogen-bond acceptors (Lipinski definition) is 11. The summed E-state index contributed by atoms with van der Waals surface area (Å²) in [5, 5.41) is 11.6. The second-order valence-electron chi connectivity index (χ2n) is 21.4. The molecule has 0 unspecified atom stereocenters. The largest absolute Gasteiger partial charge is 0.403 e. The molecule has 1 spiro atoms. The van der Waals surface area contributed by atoms with E-state index in [4.69, 9.17) is 5.41 Å². The molecule has 2 aromatic carbocycles. The standard InChI is InChI=1S/C57H62F2N10O5/c1-33-24-38(25-43(58)52(33)37-13-20-64(21-14-37)35(3)50-28-41-47(10-17-62-54(41)63(50)5)68-32-44(59)46(61-4)29-51(68)71)55(73)65-18-11-36(12-19-65)31-66-22-23-67(30-34(66)2)39-6-8-48-42(26-39)57(15-16-57)56(74)69(48)49-9-7-40(70)27-45(60)53(49)72/h6,8,10,13,17,24-26,28-29,32,34-36,60H,7,9,11-12,14-16,18-23,27,30-31H2,1-5H3/p+1/t34-,35-/m0/s1. The van der Waals surface area contributed by atoms with Gasteiger partial charge in [-0.1, -0.05) is 6.08 Å². The maximum atomic E-state index is 16.2. The zero-order valence-corrected chi connectivity index (χ0v) is 42.8. The summed E-state index contributed by atoms with van der Waals surface area (Å²) in [6.45, 7) is 12.2. The van der Waals surface area contributed by atoms with E-state index in [9.17, 15) is 28.4 Å². The van der Waals surface area contributed by atoms with E-state index in [1.807, 2.05) is 47.7 Å². The number of Topliss-reactive ketones (excluding diaryl/α,β-unsaturated/α-hetero) is 2. The van der Waals surface area contributed by atoms with Crippen LogP contribution in [0.1, 0.15) is 104 Å². The predicted molar refractivity (Wildman–Crippen MR) is 280 cm³/mol. The molecule has 2 saturated heterocycles. The number of aromatic nitrogens is 3. The molecule has 5 aromatic rings. The van der Waals surface area contributed by atoms with Gasteiger partial charge in [-0.3, -0.25) is 33.5 Å². The molecule has 17 heteroatoms. The number of rotatable bonds is 9. The fourth-order valence-corrected chi connectivity index (χ4v) is 12.5. The Labute approximate surface area is 428 Å². The maximum absolute atomic E-state index is 16.2. The number of pyridine rings is 2. The average molecular weight is 1010 g/mol. The summed E-state index contributed by atoms with van der Waals surface area (Å²) >= 11 is 0. The van der Waals surface area contributed by atoms with Crippen LogP contribution in [-0.2, 0) is 26.8 Å². The third kappa shape index (κ3) is 8.50. The van der Waals surface area contributed by atoms with Crippen molar-refractivity contribution in [2.24, 2.45) is 13.0 Å². The smallest absolute Gasteiger partial charge is 0.386 e. The lowest BCUT2D eigenvalue weighted by atomic mass is 9.92. The highest BCUT2D eigenvalue weighted by molar-refractivity contribution is 6.67. The first-order chi connectivity index (χ1) is 35.5. The van der Waals surface area contributed by atoms with Crippen LogP contribution in [0.2, 0.25) is 0 Å². The number of hydrogen-bond donors (Lipinski definition) is 2. The van der Waals surface area contributed by atoms with E-state index in [0.717, 1.165) is 85.3 Å². The number of nitrogens with one attached hydrogen (secondary N) is 2. The Hall–Kier alpha value is -6.98. The van der Waals surface area contributed by atoms with Gasteiger partial charge in [-0.2, -0.15) is 0 Å². The van der Waals surface area contributed by atoms with Crippen LogP contribution in [0.25, 0.3) is 22.3 Å². The van der Waals surface area contributed by atoms with Gasteiger partial charge in [-0.25, -0.2) is 18.6 Å². The van der Waals surface area contributed by atoms with Gasteiger partial charge in [0.05, 0.1) is 29.7 Å². The molecule has 0 radical (unpaired) electrons. The molecule has 4 aliphatic heterocycles. The van der Waals surface area contributed by atoms with Gasteiger partial charge in [-0.15, -0.1) is 4.58 Å². The number of amides is 2. The minimum absolute atomic E-state index is 0.0518. The molecule has 4 fully saturated rings. The molecule has 74 heavy (non-hydrogen) atoms. The second kappa shape index (κ2) is 19.1. The number of ketones is 2. The van der Waals surface area contributed by atoms with Crippen molar-refractivity contribution in [3.8, 4) is 5.69 Å². The number of halogens is 2. The van der Waals surface area contributed by atoms with E-state index in [-0.39, 0.29) is 77.4 Å². The van der Waals surface area contributed by atoms with Gasteiger partial charge in [0.1, 0.15) is 22.7 Å². The van der Waals surface area contributed by atoms with Crippen molar-refractivity contribution in [3.05, 3.63) is 117 Å². The highest BCUT2D eigenvalue weighted by atomic mass is 19.1. The SMILES string of the molecule is CNc1cc(=O)n(-c2ccnc3c2cc([C@H](C)N2CC=C(c4c(C)cc(C(=O)N5CCC(CN6CCN(c7ccc8c(c7)C7(CC7)C(=O)[N+]8=C7CCC(=O)CC(=N)C7=O)C[C@@H]6C)CC5)cc4F)CC2)n3C)cc1F. The van der Waals surface area contributed by atoms with E-state index in [2.05, 4.69) is 51.0 Å². The van der Waals surface area contributed by atoms with Crippen molar-refractivity contribution in [3.63, 3.8) is 0 Å². The summed E-state index contributed by atoms with van der Waals surface area (Å²) in [5.41, 5.74) is 6.59. The molecule has 15 nitrogen and oxygen atoms in total. The molecule has 2 atom stereocenters. The fraction of sp³-hybridized carbons (Fsp3) is 0.439. The molecule has 6 aliphatic rings. The Morgan fingerprint density at radius 1 is 0.959 bits per heavy atom. The summed E-state index contributed by atoms with van der Waals surface area (Å²) in [5.74, 6) is -1.41. The molecule has 11 rings (SSSR count). The third-order valence-corrected chi connectivity index (χ3v) is 17.0. The number of benzene rings is 2. The van der Waals surface area contributed by atoms with Crippen LogP contribution in [0, 0.1) is 29.9 Å². The zero-order valence-electron chi connectivity index (χ0n) is 42.8. The van der Waals surface area contributed by atoms with Crippen LogP contribution >= 0.6 is 0 Å². The monoisotopic (exact) mass is 1010 g/mol. The van der Waals surface area contributed by atoms with Crippen LogP contribution in [0.4, 0.5) is 25.8 Å². The Morgan fingerprint density at radius 3 is 2.45 bits per heavy atom. The van der Waals surface area contributed by atoms with Crippen molar-refractivity contribution in [2.45, 2.75) is 89.6 Å². The molecule has 7 heterocycles. The lowest BCUT2D eigenvalue weighted by molar-refractivity contribution is -0.362. The Balaban J connectivity index is 0.695. The molecule has 2 aliphatic carbocycles. The van der Waals surface area contributed by atoms with Gasteiger partial charge in [0.15, 0.2) is 5.82 Å². The molecule has 3 aromatic heterocycles. The van der Waals surface area contributed by atoms with Crippen molar-refractivity contribution in [2.75, 3.05) is 69.6 Å². The Bertz CT molecular complexity index is 3320. The second-order valence-corrected chi connectivity index (χ2v) is 21.4. The number of carbonyl (C=O) groups excluding carboxylic acids is 4. The van der Waals surface area contributed by atoms with Crippen LogP contribution in [0.5, 0.6) is 0 Å². The molecule has 2 saturated carbocycles. The number of carbonyl (C=O) groups is 4. The van der Waals surface area contributed by atoms with E-state index in [0.29, 0.717) is 66.7 Å². The van der Waals surface area contributed by atoms with Crippen LogP contribution in [-0.4, -0.2) is 134 Å². The summed E-state index contributed by atoms with van der Waals surface area (Å²) in [7, 11) is 3.50. The van der Waals surface area contributed by atoms with E-state index < -0.39 is 17.0 Å². The molecule has 384 valence electrons. The number of piperazine rings is 1. The highest BCUT2D eigenvalue weighted by Gasteiger charge is 2.66. The predicted octanol–water partition coefficient (Wildman–Crippen LogP) is 7.26. The van der Waals surface area contributed by atoms with Gasteiger partial charge < -0.3 is 25.1 Å². The summed E-state index contributed by atoms with van der Waals surface area (Å²) in [6, 6.07) is 14.5. The highest BCUT2D eigenvalue weighted by Crippen LogP contribution is 2.58. The van der Waals surface area contributed by atoms with Crippen LogP contribution in [0.15, 0.2) is 71.8 Å². The minimum Gasteiger partial charge on any atom is -0.386 e. The quantitative estimate of drug-likeness (QED) is 0.114. The van der Waals surface area contributed by atoms with E-state index in [1.165, 1.54) is 27.5 Å². The third-order valence-electron chi connectivity index (χ3n) is 17.0. The molecule has 0 bridgehead atoms. The van der Waals surface area contributed by atoms with Crippen molar-refractivity contribution in [1.29, 1.82) is 5.41 Å². The molecule has 2 amide bonds. The van der Waals surface area contributed by atoms with Crippen LogP contribution in [0.3, 0.4) is 0 Å². The number of fused-ring (bicyclic) bond motifs is 3. The first-order valence-electron chi connectivity index (χ1n) is 26.1. The fourth-order valence-electron chi connectivity index (χ4n) is 12.5. The van der Waals surface area contributed by atoms with Crippen molar-refractivity contribution in [1.82, 2.24) is 28.8 Å². The van der Waals surface area contributed by atoms with E-state index in [1.54, 1.807) is 19.3 Å². The summed E-state index contributed by atoms with van der Waals surface area (Å²) in [6.07, 6.45) is 8.82. The topological polar surface area (TPSA) is 160 Å². The Morgan fingerprint density at radius 2 is 1.74 bits per heavy atom. The molecular formula is C57H63F2N10O5+. The summed E-state index contributed by atoms with van der Waals surface area (Å²) in [4.78, 5) is 80.1. The van der Waals surface area contributed by atoms with E-state index >= 15 is 4.39 Å². The lowest BCUT2D eigenvalue weighted by Gasteiger charge is -2.43. The first kappa shape index (κ1) is 49.2. The Kier molecular flexibility index (Phi) is 12.7. The molecular weight excluding hydrogens is 943 g/mol. The van der Waals surface area contributed by atoms with Gasteiger partial charge in [0.25, 0.3) is 17.2 Å². The summed E-state index contributed by atoms with van der Waals surface area (Å²) < 4.78 is 35.8. The van der Waals surface area contributed by atoms with Crippen LogP contribution < -0.4 is 15.8 Å². The number of nitrogens with zero attached hydrogens (tertiary/aromatic N) is 8. The van der Waals surface area contributed by atoms with Crippen molar-refractivity contribution >= 4 is 68.5 Å². The van der Waals surface area contributed by atoms with Crippen molar-refractivity contribution < 1.29 is 32.5 Å². The lowest BCUT2D eigenvalue weighted by Crippen LogP contribution is -2.54. The molecule has 2 N–H and O–H groups in total. The van der Waals surface area contributed by atoms with Gasteiger partial charge >= 0.3 is 5.91 Å². The first-order valence-corrected chi connectivity index (χ1v) is 26.1. The maximum Gasteiger partial charge on any atom is 0.403 e. The normalized spacial score (nSPS) is 22.1. The van der Waals surface area contributed by atoms with Gasteiger partial charge in [0, 0.05) is 143 Å². The number of likely N-dealkylation sites (tertiary alicyclic amines) is 1. The number of anilines is 2. The average Bonchev–Trinajstić information content (AvgIpc) is 4.12. The zero-order chi connectivity index (χ0) is 51.9. The van der Waals surface area contributed by atoms with Gasteiger partial charge in [0.2, 0.25) is 11.4 Å². The van der Waals surface area contributed by atoms with Gasteiger partial charge in [-0.05, 0) is 106 Å². The number of aryl methyl sites for hydroxylation is 2. The number of piperidine rings is 1. The minimum atomic E-state index is -0.639.